The summed E-state index contributed by atoms with van der Waals surface area (Å²) in [4.78, 5) is 14.3. The summed E-state index contributed by atoms with van der Waals surface area (Å²) in [7, 11) is 1.39. The lowest BCUT2D eigenvalue weighted by Gasteiger charge is -2.13. The number of non-ortho nitro benzene ring substituents is 1. The topological polar surface area (TPSA) is 94.7 Å². The first-order valence-electron chi connectivity index (χ1n) is 6.16. The molecule has 0 fully saturated rings. The van der Waals surface area contributed by atoms with E-state index in [9.17, 15) is 15.2 Å². The number of aliphatic hydroxyl groups excluding tert-OH is 1. The van der Waals surface area contributed by atoms with Crippen molar-refractivity contribution < 1.29 is 19.5 Å². The molecule has 0 aliphatic heterocycles. The fraction of sp³-hybridized carbons (Fsp3) is 0.214. The predicted molar refractivity (Wildman–Crippen MR) is 74.6 cm³/mol. The van der Waals surface area contributed by atoms with Crippen molar-refractivity contribution in [3.63, 3.8) is 0 Å². The van der Waals surface area contributed by atoms with Gasteiger partial charge in [0, 0.05) is 17.8 Å². The van der Waals surface area contributed by atoms with E-state index in [4.69, 9.17) is 9.47 Å². The highest BCUT2D eigenvalue weighted by atomic mass is 16.6. The molecule has 1 atom stereocenters. The minimum atomic E-state index is -0.752. The first-order valence-corrected chi connectivity index (χ1v) is 6.16. The summed E-state index contributed by atoms with van der Waals surface area (Å²) in [6.45, 7) is 1.59. The summed E-state index contributed by atoms with van der Waals surface area (Å²) in [5.74, 6) is 0.717. The Morgan fingerprint density at radius 3 is 2.71 bits per heavy atom. The molecule has 21 heavy (non-hydrogen) atoms. The Morgan fingerprint density at radius 1 is 1.33 bits per heavy atom. The van der Waals surface area contributed by atoms with Gasteiger partial charge in [-0.15, -0.1) is 0 Å². The van der Waals surface area contributed by atoms with Gasteiger partial charge in [-0.1, -0.05) is 0 Å². The SMILES string of the molecule is COc1cc([N+](=O)[O-])ccc1Oc1ncccc1[C@@H](C)O. The van der Waals surface area contributed by atoms with Crippen LogP contribution >= 0.6 is 0 Å². The van der Waals surface area contributed by atoms with Crippen molar-refractivity contribution in [3.8, 4) is 17.4 Å². The van der Waals surface area contributed by atoms with Gasteiger partial charge >= 0.3 is 0 Å². The molecule has 0 aliphatic carbocycles. The molecule has 0 amide bonds. The average Bonchev–Trinajstić information content (AvgIpc) is 2.47. The fourth-order valence-corrected chi connectivity index (χ4v) is 1.76. The van der Waals surface area contributed by atoms with E-state index in [1.165, 1.54) is 31.5 Å². The fourth-order valence-electron chi connectivity index (χ4n) is 1.76. The maximum atomic E-state index is 10.7. The van der Waals surface area contributed by atoms with Crippen LogP contribution in [0.15, 0.2) is 36.5 Å². The van der Waals surface area contributed by atoms with E-state index >= 15 is 0 Å². The van der Waals surface area contributed by atoms with Crippen LogP contribution in [0.1, 0.15) is 18.6 Å². The number of aliphatic hydroxyl groups is 1. The van der Waals surface area contributed by atoms with Crippen LogP contribution in [0.2, 0.25) is 0 Å². The third-order valence-corrected chi connectivity index (χ3v) is 2.82. The molecule has 0 spiro atoms. The highest BCUT2D eigenvalue weighted by molar-refractivity contribution is 5.50. The second-order valence-corrected chi connectivity index (χ2v) is 4.27. The van der Waals surface area contributed by atoms with Crippen molar-refractivity contribution in [1.29, 1.82) is 0 Å². The summed E-state index contributed by atoms with van der Waals surface area (Å²) in [5.41, 5.74) is 0.411. The number of aromatic nitrogens is 1. The van der Waals surface area contributed by atoms with Crippen molar-refractivity contribution in [2.24, 2.45) is 0 Å². The van der Waals surface area contributed by atoms with Crippen LogP contribution in [0.4, 0.5) is 5.69 Å². The second kappa shape index (κ2) is 6.19. The molecular weight excluding hydrogens is 276 g/mol. The van der Waals surface area contributed by atoms with Crippen LogP contribution in [0.5, 0.6) is 17.4 Å². The molecule has 0 saturated carbocycles. The molecule has 1 N–H and O–H groups in total. The number of nitro benzene ring substituents is 1. The molecule has 0 aliphatic rings. The molecule has 0 unspecified atom stereocenters. The number of ether oxygens (including phenoxy) is 2. The van der Waals surface area contributed by atoms with Gasteiger partial charge in [-0.05, 0) is 25.1 Å². The number of rotatable bonds is 5. The summed E-state index contributed by atoms with van der Waals surface area (Å²) in [6.07, 6.45) is 0.775. The van der Waals surface area contributed by atoms with E-state index in [-0.39, 0.29) is 23.1 Å². The molecule has 1 aromatic carbocycles. The van der Waals surface area contributed by atoms with Crippen molar-refractivity contribution in [2.45, 2.75) is 13.0 Å². The molecule has 0 radical (unpaired) electrons. The van der Waals surface area contributed by atoms with E-state index in [1.54, 1.807) is 19.1 Å². The van der Waals surface area contributed by atoms with Gasteiger partial charge in [0.25, 0.3) is 5.69 Å². The molecule has 1 aromatic heterocycles. The van der Waals surface area contributed by atoms with E-state index in [0.29, 0.717) is 5.56 Å². The maximum Gasteiger partial charge on any atom is 0.273 e. The zero-order chi connectivity index (χ0) is 15.4. The van der Waals surface area contributed by atoms with E-state index in [2.05, 4.69) is 4.98 Å². The third-order valence-electron chi connectivity index (χ3n) is 2.82. The van der Waals surface area contributed by atoms with Gasteiger partial charge in [0.05, 0.1) is 24.2 Å². The largest absolute Gasteiger partial charge is 0.493 e. The van der Waals surface area contributed by atoms with Gasteiger partial charge in [-0.25, -0.2) is 4.98 Å². The van der Waals surface area contributed by atoms with Crippen LogP contribution in [0.25, 0.3) is 0 Å². The Hall–Kier alpha value is -2.67. The molecule has 0 bridgehead atoms. The van der Waals surface area contributed by atoms with Gasteiger partial charge < -0.3 is 14.6 Å². The average molecular weight is 290 g/mol. The van der Waals surface area contributed by atoms with Gasteiger partial charge in [-0.2, -0.15) is 0 Å². The molecular formula is C14H14N2O5. The van der Waals surface area contributed by atoms with Crippen LogP contribution in [0, 0.1) is 10.1 Å². The third kappa shape index (κ3) is 3.26. The van der Waals surface area contributed by atoms with E-state index < -0.39 is 11.0 Å². The zero-order valence-corrected chi connectivity index (χ0v) is 11.5. The Balaban J connectivity index is 2.38. The number of hydrogen-bond donors (Lipinski definition) is 1. The highest BCUT2D eigenvalue weighted by Crippen LogP contribution is 2.35. The zero-order valence-electron chi connectivity index (χ0n) is 11.5. The first kappa shape index (κ1) is 14.7. The van der Waals surface area contributed by atoms with Crippen LogP contribution in [-0.2, 0) is 0 Å². The van der Waals surface area contributed by atoms with Gasteiger partial charge in [-0.3, -0.25) is 10.1 Å². The van der Waals surface area contributed by atoms with E-state index in [0.717, 1.165) is 0 Å². The number of pyridine rings is 1. The lowest BCUT2D eigenvalue weighted by Crippen LogP contribution is -1.99. The van der Waals surface area contributed by atoms with Gasteiger partial charge in [0.15, 0.2) is 11.5 Å². The molecule has 1 heterocycles. The van der Waals surface area contributed by atoms with Crippen molar-refractivity contribution in [3.05, 3.63) is 52.2 Å². The van der Waals surface area contributed by atoms with Gasteiger partial charge in [0.2, 0.25) is 5.88 Å². The second-order valence-electron chi connectivity index (χ2n) is 4.27. The highest BCUT2D eigenvalue weighted by Gasteiger charge is 2.16. The lowest BCUT2D eigenvalue weighted by molar-refractivity contribution is -0.384. The first-order chi connectivity index (χ1) is 10.0. The van der Waals surface area contributed by atoms with E-state index in [1.807, 2.05) is 0 Å². The lowest BCUT2D eigenvalue weighted by atomic mass is 10.2. The Kier molecular flexibility index (Phi) is 4.34. The number of nitrogens with zero attached hydrogens (tertiary/aromatic N) is 2. The quantitative estimate of drug-likeness (QED) is 0.672. The summed E-state index contributed by atoms with van der Waals surface area (Å²) in [6, 6.07) is 7.37. The minimum Gasteiger partial charge on any atom is -0.493 e. The van der Waals surface area contributed by atoms with Crippen LogP contribution < -0.4 is 9.47 Å². The smallest absolute Gasteiger partial charge is 0.273 e. The molecule has 0 saturated heterocycles. The van der Waals surface area contributed by atoms with Crippen LogP contribution in [-0.4, -0.2) is 22.1 Å². The Morgan fingerprint density at radius 2 is 2.10 bits per heavy atom. The Bertz CT molecular complexity index is 658. The van der Waals surface area contributed by atoms with Gasteiger partial charge in [0.1, 0.15) is 0 Å². The summed E-state index contributed by atoms with van der Waals surface area (Å²) < 4.78 is 10.7. The molecule has 2 aromatic rings. The summed E-state index contributed by atoms with van der Waals surface area (Å²) in [5, 5.41) is 20.4. The molecule has 110 valence electrons. The monoisotopic (exact) mass is 290 g/mol. The van der Waals surface area contributed by atoms with Crippen molar-refractivity contribution in [1.82, 2.24) is 4.98 Å². The van der Waals surface area contributed by atoms with Crippen molar-refractivity contribution in [2.75, 3.05) is 7.11 Å². The number of benzene rings is 1. The maximum absolute atomic E-state index is 10.7. The number of nitro groups is 1. The standard InChI is InChI=1S/C14H14N2O5/c1-9(17)11-4-3-7-15-14(11)21-12-6-5-10(16(18)19)8-13(12)20-2/h3-9,17H,1-2H3/t9-/m1/s1. The molecule has 7 nitrogen and oxygen atoms in total. The Labute approximate surface area is 120 Å². The van der Waals surface area contributed by atoms with Crippen LogP contribution in [0.3, 0.4) is 0 Å². The normalized spacial score (nSPS) is 11.8. The minimum absolute atomic E-state index is 0.101. The predicted octanol–water partition coefficient (Wildman–Crippen LogP) is 2.84. The summed E-state index contributed by atoms with van der Waals surface area (Å²) >= 11 is 0. The molecule has 2 rings (SSSR count). The van der Waals surface area contributed by atoms with Crippen molar-refractivity contribution >= 4 is 5.69 Å². The number of methoxy groups -OCH3 is 1. The number of hydrogen-bond acceptors (Lipinski definition) is 6. The molecule has 7 heteroatoms.